The number of nitrogens with one attached hydrogen (secondary N) is 1. The molecule has 0 aromatic heterocycles. The van der Waals surface area contributed by atoms with Crippen LogP contribution >= 0.6 is 11.6 Å². The fraction of sp³-hybridized carbons (Fsp3) is 0.562. The van der Waals surface area contributed by atoms with Crippen molar-refractivity contribution in [2.45, 2.75) is 39.3 Å². The Labute approximate surface area is 131 Å². The Morgan fingerprint density at radius 3 is 2.95 bits per heavy atom. The van der Waals surface area contributed by atoms with E-state index in [2.05, 4.69) is 30.1 Å². The number of nitrogens with zero attached hydrogens (tertiary/aromatic N) is 1. The van der Waals surface area contributed by atoms with Crippen LogP contribution in [0.5, 0.6) is 0 Å². The molecule has 4 nitrogen and oxygen atoms in total. The molecule has 1 aromatic carbocycles. The van der Waals surface area contributed by atoms with E-state index in [1.807, 2.05) is 12.1 Å². The van der Waals surface area contributed by atoms with E-state index in [0.29, 0.717) is 12.6 Å². The minimum Gasteiger partial charge on any atom is -0.369 e. The van der Waals surface area contributed by atoms with Gasteiger partial charge in [0.05, 0.1) is 16.6 Å². The third-order valence-electron chi connectivity index (χ3n) is 3.91. The van der Waals surface area contributed by atoms with Crippen LogP contribution in [0, 0.1) is 5.92 Å². The zero-order valence-electron chi connectivity index (χ0n) is 12.7. The number of rotatable bonds is 5. The summed E-state index contributed by atoms with van der Waals surface area (Å²) in [6, 6.07) is 6.38. The third-order valence-corrected chi connectivity index (χ3v) is 4.22. The lowest BCUT2D eigenvalue weighted by molar-refractivity contribution is -0.122. The lowest BCUT2D eigenvalue weighted by Crippen LogP contribution is -2.41. The van der Waals surface area contributed by atoms with Gasteiger partial charge in [-0.3, -0.25) is 4.79 Å². The summed E-state index contributed by atoms with van der Waals surface area (Å²) in [5, 5.41) is 4.16. The normalized spacial score (nSPS) is 19.0. The van der Waals surface area contributed by atoms with Crippen molar-refractivity contribution < 1.29 is 4.79 Å². The lowest BCUT2D eigenvalue weighted by atomic mass is 9.96. The molecule has 5 heteroatoms. The topological polar surface area (TPSA) is 58.4 Å². The maximum absolute atomic E-state index is 11.5. The van der Waals surface area contributed by atoms with Gasteiger partial charge in [0.2, 0.25) is 5.91 Å². The molecule has 0 saturated carbocycles. The van der Waals surface area contributed by atoms with E-state index >= 15 is 0 Å². The number of hydrogen-bond acceptors (Lipinski definition) is 3. The minimum atomic E-state index is -0.214. The second kappa shape index (κ2) is 7.14. The van der Waals surface area contributed by atoms with Crippen molar-refractivity contribution in [2.24, 2.45) is 11.7 Å². The van der Waals surface area contributed by atoms with Gasteiger partial charge >= 0.3 is 0 Å². The molecule has 0 aliphatic carbocycles. The lowest BCUT2D eigenvalue weighted by Gasteiger charge is -2.35. The van der Waals surface area contributed by atoms with Crippen LogP contribution in [-0.4, -0.2) is 25.0 Å². The standard InChI is InChI=1S/C16H24ClN3O/c1-11(2)19-9-12-5-3-7-14(17)15(12)20-8-4-6-13(10-20)16(18)21/h3,5,7,11,13,19H,4,6,8-10H2,1-2H3,(H2,18,21). The number of primary amides is 1. The van der Waals surface area contributed by atoms with Crippen molar-refractivity contribution >= 4 is 23.2 Å². The molecular weight excluding hydrogens is 286 g/mol. The maximum atomic E-state index is 11.5. The van der Waals surface area contributed by atoms with Gasteiger partial charge in [-0.25, -0.2) is 0 Å². The molecule has 0 radical (unpaired) electrons. The summed E-state index contributed by atoms with van der Waals surface area (Å²) in [6.45, 7) is 6.59. The molecule has 1 saturated heterocycles. The van der Waals surface area contributed by atoms with Crippen molar-refractivity contribution in [1.82, 2.24) is 5.32 Å². The highest BCUT2D eigenvalue weighted by Crippen LogP contribution is 2.33. The van der Waals surface area contributed by atoms with E-state index in [1.165, 1.54) is 5.56 Å². The van der Waals surface area contributed by atoms with Crippen LogP contribution in [0.25, 0.3) is 0 Å². The summed E-state index contributed by atoms with van der Waals surface area (Å²) in [6.07, 6.45) is 1.84. The first-order valence-electron chi connectivity index (χ1n) is 7.54. The van der Waals surface area contributed by atoms with Crippen LogP contribution in [0.3, 0.4) is 0 Å². The maximum Gasteiger partial charge on any atom is 0.222 e. The number of para-hydroxylation sites is 1. The quantitative estimate of drug-likeness (QED) is 0.879. The van der Waals surface area contributed by atoms with Crippen molar-refractivity contribution in [2.75, 3.05) is 18.0 Å². The Morgan fingerprint density at radius 2 is 2.29 bits per heavy atom. The molecular formula is C16H24ClN3O. The molecule has 1 aromatic rings. The van der Waals surface area contributed by atoms with E-state index in [1.54, 1.807) is 0 Å². The van der Waals surface area contributed by atoms with Gasteiger partial charge < -0.3 is 16.0 Å². The van der Waals surface area contributed by atoms with Crippen molar-refractivity contribution in [3.8, 4) is 0 Å². The highest BCUT2D eigenvalue weighted by molar-refractivity contribution is 6.33. The van der Waals surface area contributed by atoms with Crippen molar-refractivity contribution in [3.05, 3.63) is 28.8 Å². The van der Waals surface area contributed by atoms with Crippen molar-refractivity contribution in [3.63, 3.8) is 0 Å². The summed E-state index contributed by atoms with van der Waals surface area (Å²) in [5.41, 5.74) is 7.68. The van der Waals surface area contributed by atoms with Crippen LogP contribution in [0.1, 0.15) is 32.3 Å². The number of benzene rings is 1. The zero-order valence-corrected chi connectivity index (χ0v) is 13.5. The fourth-order valence-corrected chi connectivity index (χ4v) is 3.10. The number of nitrogens with two attached hydrogens (primary N) is 1. The second-order valence-corrected chi connectivity index (χ2v) is 6.38. The van der Waals surface area contributed by atoms with Crippen LogP contribution in [0.4, 0.5) is 5.69 Å². The molecule has 1 aliphatic rings. The Bertz CT molecular complexity index is 504. The molecule has 1 amide bonds. The van der Waals surface area contributed by atoms with Gasteiger partial charge in [0.25, 0.3) is 0 Å². The van der Waals surface area contributed by atoms with E-state index in [0.717, 1.165) is 36.6 Å². The molecule has 3 N–H and O–H groups in total. The number of halogens is 1. The molecule has 0 bridgehead atoms. The average Bonchev–Trinajstić information content (AvgIpc) is 2.45. The van der Waals surface area contributed by atoms with Gasteiger partial charge in [-0.05, 0) is 24.5 Å². The van der Waals surface area contributed by atoms with E-state index in [4.69, 9.17) is 17.3 Å². The Hall–Kier alpha value is -1.26. The average molecular weight is 310 g/mol. The van der Waals surface area contributed by atoms with Gasteiger partial charge in [-0.15, -0.1) is 0 Å². The van der Waals surface area contributed by atoms with Crippen LogP contribution < -0.4 is 16.0 Å². The smallest absolute Gasteiger partial charge is 0.222 e. The Balaban J connectivity index is 2.22. The van der Waals surface area contributed by atoms with E-state index in [-0.39, 0.29) is 11.8 Å². The number of anilines is 1. The first kappa shape index (κ1) is 16.1. The fourth-order valence-electron chi connectivity index (χ4n) is 2.78. The number of amides is 1. The highest BCUT2D eigenvalue weighted by atomic mass is 35.5. The molecule has 1 atom stereocenters. The van der Waals surface area contributed by atoms with Crippen molar-refractivity contribution in [1.29, 1.82) is 0 Å². The van der Waals surface area contributed by atoms with E-state index in [9.17, 15) is 4.79 Å². The first-order chi connectivity index (χ1) is 9.99. The molecule has 1 heterocycles. The van der Waals surface area contributed by atoms with Gasteiger partial charge in [-0.2, -0.15) is 0 Å². The minimum absolute atomic E-state index is 0.0825. The summed E-state index contributed by atoms with van der Waals surface area (Å²) in [7, 11) is 0. The number of piperidine rings is 1. The zero-order chi connectivity index (χ0) is 15.4. The number of carbonyl (C=O) groups excluding carboxylic acids is 1. The second-order valence-electron chi connectivity index (χ2n) is 5.97. The highest BCUT2D eigenvalue weighted by Gasteiger charge is 2.26. The summed E-state index contributed by atoms with van der Waals surface area (Å²) < 4.78 is 0. The molecule has 21 heavy (non-hydrogen) atoms. The monoisotopic (exact) mass is 309 g/mol. The molecule has 1 fully saturated rings. The van der Waals surface area contributed by atoms with E-state index < -0.39 is 0 Å². The Kier molecular flexibility index (Phi) is 5.48. The van der Waals surface area contributed by atoms with Gasteiger partial charge in [-0.1, -0.05) is 37.6 Å². The van der Waals surface area contributed by atoms with Gasteiger partial charge in [0.1, 0.15) is 0 Å². The molecule has 2 rings (SSSR count). The molecule has 0 spiro atoms. The number of hydrogen-bond donors (Lipinski definition) is 2. The first-order valence-corrected chi connectivity index (χ1v) is 7.92. The van der Waals surface area contributed by atoms with Gasteiger partial charge in [0.15, 0.2) is 0 Å². The third kappa shape index (κ3) is 4.11. The predicted octanol–water partition coefficient (Wildman–Crippen LogP) is 2.54. The predicted molar refractivity (Wildman–Crippen MR) is 87.6 cm³/mol. The van der Waals surface area contributed by atoms with Crippen LogP contribution in [0.2, 0.25) is 5.02 Å². The summed E-state index contributed by atoms with van der Waals surface area (Å²) in [4.78, 5) is 13.7. The summed E-state index contributed by atoms with van der Waals surface area (Å²) >= 11 is 6.42. The summed E-state index contributed by atoms with van der Waals surface area (Å²) in [5.74, 6) is -0.297. The van der Waals surface area contributed by atoms with Crippen LogP contribution in [0.15, 0.2) is 18.2 Å². The van der Waals surface area contributed by atoms with Gasteiger partial charge in [0, 0.05) is 25.7 Å². The number of carbonyl (C=O) groups is 1. The molecule has 1 unspecified atom stereocenters. The van der Waals surface area contributed by atoms with Crippen LogP contribution in [-0.2, 0) is 11.3 Å². The largest absolute Gasteiger partial charge is 0.369 e. The Morgan fingerprint density at radius 1 is 1.52 bits per heavy atom. The molecule has 1 aliphatic heterocycles. The SMILES string of the molecule is CC(C)NCc1cccc(Cl)c1N1CCCC(C(N)=O)C1. The molecule has 116 valence electrons.